The zero-order chi connectivity index (χ0) is 23.3. The molecule has 0 bridgehead atoms. The molecule has 0 aliphatic carbocycles. The topological polar surface area (TPSA) is 40.2 Å². The Bertz CT molecular complexity index is 901. The van der Waals surface area contributed by atoms with E-state index in [1.54, 1.807) is 0 Å². The minimum Gasteiger partial charge on any atom is -0.368 e. The van der Waals surface area contributed by atoms with Crippen LogP contribution < -0.4 is 0 Å². The Kier molecular flexibility index (Phi) is 7.78. The van der Waals surface area contributed by atoms with Crippen LogP contribution in [0.25, 0.3) is 0 Å². The number of fused-ring (bicyclic) bond motifs is 1. The highest BCUT2D eigenvalue weighted by Crippen LogP contribution is 2.41. The van der Waals surface area contributed by atoms with Gasteiger partial charge in [0.1, 0.15) is 18.3 Å². The maximum atomic E-state index is 6.51. The van der Waals surface area contributed by atoms with Gasteiger partial charge in [-0.3, -0.25) is 4.90 Å². The summed E-state index contributed by atoms with van der Waals surface area (Å²) in [4.78, 5) is 2.37. The molecule has 0 amide bonds. The summed E-state index contributed by atoms with van der Waals surface area (Å²) in [6.45, 7) is 13.8. The van der Waals surface area contributed by atoms with Crippen molar-refractivity contribution in [2.45, 2.75) is 69.9 Å². The third-order valence-electron chi connectivity index (χ3n) is 6.16. The molecular formula is C28H35NO4. The highest BCUT2D eigenvalue weighted by molar-refractivity contribution is 5.16. The molecular weight excluding hydrogens is 414 g/mol. The molecule has 0 aromatic heterocycles. The SMILES string of the molecule is C=CC[C@@H]([C@H]1O[C@@H]2OC(C)(C)O[C@@H]2[C@H]1OCc1ccccc1)N(CC=C)Cc1ccccc1. The summed E-state index contributed by atoms with van der Waals surface area (Å²) in [6, 6.07) is 20.7. The van der Waals surface area contributed by atoms with Gasteiger partial charge < -0.3 is 18.9 Å². The van der Waals surface area contributed by atoms with Crippen LogP contribution in [0.5, 0.6) is 0 Å². The lowest BCUT2D eigenvalue weighted by atomic mass is 9.98. The summed E-state index contributed by atoms with van der Waals surface area (Å²) in [5.41, 5.74) is 2.35. The van der Waals surface area contributed by atoms with Gasteiger partial charge in [0.25, 0.3) is 0 Å². The highest BCUT2D eigenvalue weighted by atomic mass is 16.8. The van der Waals surface area contributed by atoms with E-state index in [9.17, 15) is 0 Å². The van der Waals surface area contributed by atoms with E-state index in [2.05, 4.69) is 54.5 Å². The molecule has 2 heterocycles. The highest BCUT2D eigenvalue weighted by Gasteiger charge is 2.57. The standard InChI is InChI=1S/C28H35NO4/c1-5-13-23(29(18-6-2)19-21-14-9-7-10-15-21)24-25(30-20-22-16-11-8-12-17-22)26-27(31-24)33-28(3,4)32-26/h5-12,14-17,23-27H,1-2,13,18-20H2,3-4H3/t23-,24+,25-,26+,27+/m0/s1. The van der Waals surface area contributed by atoms with E-state index >= 15 is 0 Å². The van der Waals surface area contributed by atoms with Gasteiger partial charge in [-0.05, 0) is 31.4 Å². The second-order valence-electron chi connectivity index (χ2n) is 9.13. The maximum absolute atomic E-state index is 6.51. The summed E-state index contributed by atoms with van der Waals surface area (Å²) < 4.78 is 25.3. The van der Waals surface area contributed by atoms with Gasteiger partial charge in [0.2, 0.25) is 0 Å². The van der Waals surface area contributed by atoms with Crippen molar-refractivity contribution in [3.05, 3.63) is 97.1 Å². The van der Waals surface area contributed by atoms with Crippen LogP contribution in [0.3, 0.4) is 0 Å². The fourth-order valence-corrected chi connectivity index (χ4v) is 4.73. The van der Waals surface area contributed by atoms with Crippen LogP contribution in [0.4, 0.5) is 0 Å². The van der Waals surface area contributed by atoms with Crippen molar-refractivity contribution >= 4 is 0 Å². The van der Waals surface area contributed by atoms with Crippen molar-refractivity contribution in [2.75, 3.05) is 6.54 Å². The number of nitrogens with zero attached hydrogens (tertiary/aromatic N) is 1. The zero-order valence-corrected chi connectivity index (χ0v) is 19.6. The molecule has 0 radical (unpaired) electrons. The number of ether oxygens (including phenoxy) is 4. The van der Waals surface area contributed by atoms with E-state index < -0.39 is 12.1 Å². The number of benzene rings is 2. The fourth-order valence-electron chi connectivity index (χ4n) is 4.73. The van der Waals surface area contributed by atoms with E-state index in [4.69, 9.17) is 18.9 Å². The Morgan fingerprint density at radius 3 is 2.27 bits per heavy atom. The first kappa shape index (κ1) is 23.9. The third-order valence-corrected chi connectivity index (χ3v) is 6.16. The van der Waals surface area contributed by atoms with Crippen molar-refractivity contribution in [1.29, 1.82) is 0 Å². The quantitative estimate of drug-likeness (QED) is 0.448. The summed E-state index contributed by atoms with van der Waals surface area (Å²) in [5.74, 6) is -0.701. The molecule has 2 fully saturated rings. The Morgan fingerprint density at radius 1 is 0.970 bits per heavy atom. The van der Waals surface area contributed by atoms with Gasteiger partial charge in [-0.2, -0.15) is 0 Å². The van der Waals surface area contributed by atoms with Crippen LogP contribution in [-0.4, -0.2) is 47.9 Å². The average molecular weight is 450 g/mol. The normalized spacial score (nSPS) is 26.8. The van der Waals surface area contributed by atoms with Gasteiger partial charge in [-0.1, -0.05) is 72.8 Å². The van der Waals surface area contributed by atoms with Crippen LogP contribution in [0.15, 0.2) is 86.0 Å². The van der Waals surface area contributed by atoms with Crippen molar-refractivity contribution < 1.29 is 18.9 Å². The van der Waals surface area contributed by atoms with E-state index in [-0.39, 0.29) is 24.4 Å². The summed E-state index contributed by atoms with van der Waals surface area (Å²) in [5, 5.41) is 0. The zero-order valence-electron chi connectivity index (χ0n) is 19.6. The van der Waals surface area contributed by atoms with E-state index in [1.807, 2.05) is 50.3 Å². The predicted octanol–water partition coefficient (Wildman–Crippen LogP) is 5.08. The Balaban J connectivity index is 1.59. The minimum absolute atomic E-state index is 0.0300. The molecule has 0 spiro atoms. The maximum Gasteiger partial charge on any atom is 0.190 e. The largest absolute Gasteiger partial charge is 0.368 e. The monoisotopic (exact) mass is 449 g/mol. The predicted molar refractivity (Wildman–Crippen MR) is 129 cm³/mol. The van der Waals surface area contributed by atoms with E-state index in [0.29, 0.717) is 6.61 Å². The number of hydrogen-bond donors (Lipinski definition) is 0. The summed E-state index contributed by atoms with van der Waals surface area (Å²) >= 11 is 0. The molecule has 5 atom stereocenters. The molecule has 2 aliphatic rings. The lowest BCUT2D eigenvalue weighted by molar-refractivity contribution is -0.226. The van der Waals surface area contributed by atoms with Gasteiger partial charge in [0.05, 0.1) is 6.61 Å². The van der Waals surface area contributed by atoms with Crippen molar-refractivity contribution in [3.63, 3.8) is 0 Å². The van der Waals surface area contributed by atoms with E-state index in [1.165, 1.54) is 5.56 Å². The molecule has 33 heavy (non-hydrogen) atoms. The lowest BCUT2D eigenvalue weighted by Gasteiger charge is -2.37. The van der Waals surface area contributed by atoms with Crippen LogP contribution in [0.2, 0.25) is 0 Å². The molecule has 0 saturated carbocycles. The number of hydrogen-bond acceptors (Lipinski definition) is 5. The second-order valence-corrected chi connectivity index (χ2v) is 9.13. The minimum atomic E-state index is -0.701. The smallest absolute Gasteiger partial charge is 0.190 e. The van der Waals surface area contributed by atoms with Crippen molar-refractivity contribution in [3.8, 4) is 0 Å². The Labute approximate surface area is 197 Å². The van der Waals surface area contributed by atoms with Gasteiger partial charge in [-0.15, -0.1) is 13.2 Å². The Morgan fingerprint density at radius 2 is 1.64 bits per heavy atom. The molecule has 2 aliphatic heterocycles. The fraction of sp³-hybridized carbons (Fsp3) is 0.429. The molecule has 4 rings (SSSR count). The first-order chi connectivity index (χ1) is 16.0. The first-order valence-corrected chi connectivity index (χ1v) is 11.7. The molecule has 5 heteroatoms. The van der Waals surface area contributed by atoms with Gasteiger partial charge in [0, 0.05) is 19.1 Å². The molecule has 0 unspecified atom stereocenters. The third kappa shape index (κ3) is 5.81. The Hall–Kier alpha value is -2.28. The second kappa shape index (κ2) is 10.8. The van der Waals surface area contributed by atoms with Crippen LogP contribution >= 0.6 is 0 Å². The van der Waals surface area contributed by atoms with Crippen LogP contribution in [0, 0.1) is 0 Å². The molecule has 5 nitrogen and oxygen atoms in total. The van der Waals surface area contributed by atoms with Gasteiger partial charge in [-0.25, -0.2) is 0 Å². The van der Waals surface area contributed by atoms with Crippen LogP contribution in [0.1, 0.15) is 31.4 Å². The summed E-state index contributed by atoms with van der Waals surface area (Å²) in [7, 11) is 0. The van der Waals surface area contributed by atoms with Gasteiger partial charge in [0.15, 0.2) is 12.1 Å². The van der Waals surface area contributed by atoms with E-state index in [0.717, 1.165) is 25.1 Å². The van der Waals surface area contributed by atoms with Crippen molar-refractivity contribution in [2.24, 2.45) is 0 Å². The van der Waals surface area contributed by atoms with Gasteiger partial charge >= 0.3 is 0 Å². The molecule has 176 valence electrons. The molecule has 2 aromatic carbocycles. The van der Waals surface area contributed by atoms with Crippen LogP contribution in [-0.2, 0) is 32.1 Å². The number of rotatable bonds is 11. The molecule has 2 saturated heterocycles. The molecule has 0 N–H and O–H groups in total. The average Bonchev–Trinajstić information content (AvgIpc) is 3.28. The molecule has 2 aromatic rings. The lowest BCUT2D eigenvalue weighted by Crippen LogP contribution is -2.50. The summed E-state index contributed by atoms with van der Waals surface area (Å²) in [6.07, 6.45) is 3.38. The van der Waals surface area contributed by atoms with Crippen molar-refractivity contribution in [1.82, 2.24) is 4.90 Å². The first-order valence-electron chi connectivity index (χ1n) is 11.7.